The Morgan fingerprint density at radius 1 is 1.32 bits per heavy atom. The third-order valence-corrected chi connectivity index (χ3v) is 6.62. The maximum atomic E-state index is 12.2. The molecule has 1 aromatic carbocycles. The third-order valence-electron chi connectivity index (χ3n) is 3.50. The Labute approximate surface area is 123 Å². The van der Waals surface area contributed by atoms with Gasteiger partial charge in [-0.05, 0) is 24.5 Å². The van der Waals surface area contributed by atoms with Crippen LogP contribution in [-0.2, 0) is 9.84 Å². The Hall–Kier alpha value is -0.330. The van der Waals surface area contributed by atoms with Crippen molar-refractivity contribution in [1.82, 2.24) is 5.43 Å². The highest BCUT2D eigenvalue weighted by atomic mass is 35.5. The molecule has 1 fully saturated rings. The summed E-state index contributed by atoms with van der Waals surface area (Å²) in [7, 11) is -3.16. The first-order valence-corrected chi connectivity index (χ1v) is 8.56. The summed E-state index contributed by atoms with van der Waals surface area (Å²) in [5.41, 5.74) is 3.22. The third kappa shape index (κ3) is 3.06. The van der Waals surface area contributed by atoms with Gasteiger partial charge in [-0.1, -0.05) is 41.8 Å². The van der Waals surface area contributed by atoms with E-state index in [1.54, 1.807) is 18.2 Å². The Balaban J connectivity index is 2.42. The number of hydrogen-bond acceptors (Lipinski definition) is 4. The molecular formula is C12H16Cl2N2O2S. The lowest BCUT2D eigenvalue weighted by Gasteiger charge is -2.30. The summed E-state index contributed by atoms with van der Waals surface area (Å²) in [6.45, 7) is 0. The van der Waals surface area contributed by atoms with E-state index >= 15 is 0 Å². The van der Waals surface area contributed by atoms with Gasteiger partial charge in [0.1, 0.15) is 0 Å². The predicted molar refractivity (Wildman–Crippen MR) is 78.0 cm³/mol. The number of rotatable bonds is 3. The van der Waals surface area contributed by atoms with E-state index in [1.807, 2.05) is 0 Å². The lowest BCUT2D eigenvalue weighted by Crippen LogP contribution is -2.43. The molecule has 2 atom stereocenters. The largest absolute Gasteiger partial charge is 0.271 e. The van der Waals surface area contributed by atoms with E-state index < -0.39 is 21.1 Å². The van der Waals surface area contributed by atoms with E-state index in [4.69, 9.17) is 29.0 Å². The fraction of sp³-hybridized carbons (Fsp3) is 0.500. The van der Waals surface area contributed by atoms with Crippen molar-refractivity contribution in [3.05, 3.63) is 33.8 Å². The number of hydrazine groups is 1. The molecule has 106 valence electrons. The van der Waals surface area contributed by atoms with Crippen molar-refractivity contribution in [2.75, 3.05) is 5.75 Å². The molecule has 1 aliphatic rings. The molecule has 0 spiro atoms. The van der Waals surface area contributed by atoms with Crippen LogP contribution in [0, 0.1) is 0 Å². The Morgan fingerprint density at radius 2 is 2.05 bits per heavy atom. The van der Waals surface area contributed by atoms with Gasteiger partial charge in [-0.25, -0.2) is 8.42 Å². The quantitative estimate of drug-likeness (QED) is 0.662. The molecule has 2 rings (SSSR count). The van der Waals surface area contributed by atoms with Crippen LogP contribution in [0.5, 0.6) is 0 Å². The van der Waals surface area contributed by atoms with Crippen molar-refractivity contribution >= 4 is 33.0 Å². The monoisotopic (exact) mass is 322 g/mol. The summed E-state index contributed by atoms with van der Waals surface area (Å²) in [6, 6.07) is 4.62. The van der Waals surface area contributed by atoms with Gasteiger partial charge in [0.15, 0.2) is 9.84 Å². The van der Waals surface area contributed by atoms with Crippen molar-refractivity contribution in [3.63, 3.8) is 0 Å². The minimum Gasteiger partial charge on any atom is -0.271 e. The maximum absolute atomic E-state index is 12.2. The summed E-state index contributed by atoms with van der Waals surface area (Å²) >= 11 is 12.1. The van der Waals surface area contributed by atoms with E-state index in [0.717, 1.165) is 6.42 Å². The van der Waals surface area contributed by atoms with Crippen LogP contribution in [0.15, 0.2) is 18.2 Å². The van der Waals surface area contributed by atoms with E-state index in [9.17, 15) is 8.42 Å². The van der Waals surface area contributed by atoms with E-state index in [1.165, 1.54) is 0 Å². The zero-order chi connectivity index (χ0) is 14.0. The molecule has 7 heteroatoms. The lowest BCUT2D eigenvalue weighted by molar-refractivity contribution is 0.454. The predicted octanol–water partition coefficient (Wildman–Crippen LogP) is 2.47. The topological polar surface area (TPSA) is 72.2 Å². The van der Waals surface area contributed by atoms with Crippen LogP contribution in [0.3, 0.4) is 0 Å². The zero-order valence-corrected chi connectivity index (χ0v) is 12.6. The van der Waals surface area contributed by atoms with Crippen molar-refractivity contribution in [2.24, 2.45) is 5.84 Å². The fourth-order valence-electron chi connectivity index (χ4n) is 2.51. The SMILES string of the molecule is NNC(c1cccc(Cl)c1Cl)C1CCCCS1(=O)=O. The minimum atomic E-state index is -3.16. The van der Waals surface area contributed by atoms with Crippen molar-refractivity contribution in [1.29, 1.82) is 0 Å². The maximum Gasteiger partial charge on any atom is 0.155 e. The molecule has 0 bridgehead atoms. The first kappa shape index (κ1) is 15.1. The summed E-state index contributed by atoms with van der Waals surface area (Å²) < 4.78 is 24.4. The Bertz CT molecular complexity index is 563. The average Bonchev–Trinajstić information content (AvgIpc) is 2.37. The summed E-state index contributed by atoms with van der Waals surface area (Å²) in [6.07, 6.45) is 2.17. The Morgan fingerprint density at radius 3 is 2.68 bits per heavy atom. The molecule has 0 aliphatic carbocycles. The second-order valence-electron chi connectivity index (χ2n) is 4.69. The van der Waals surface area contributed by atoms with Crippen LogP contribution in [0.1, 0.15) is 30.9 Å². The molecular weight excluding hydrogens is 307 g/mol. The van der Waals surface area contributed by atoms with Crippen LogP contribution < -0.4 is 11.3 Å². The number of nitrogens with one attached hydrogen (secondary N) is 1. The number of hydrogen-bond donors (Lipinski definition) is 2. The number of nitrogens with two attached hydrogens (primary N) is 1. The zero-order valence-electron chi connectivity index (χ0n) is 10.3. The van der Waals surface area contributed by atoms with Gasteiger partial charge in [0.25, 0.3) is 0 Å². The van der Waals surface area contributed by atoms with E-state index in [-0.39, 0.29) is 5.75 Å². The second-order valence-corrected chi connectivity index (χ2v) is 7.81. The van der Waals surface area contributed by atoms with E-state index in [0.29, 0.717) is 28.5 Å². The van der Waals surface area contributed by atoms with Crippen molar-refractivity contribution < 1.29 is 8.42 Å². The molecule has 1 aromatic rings. The lowest BCUT2D eigenvalue weighted by atomic mass is 10.00. The minimum absolute atomic E-state index is 0.202. The Kier molecular flexibility index (Phi) is 4.74. The van der Waals surface area contributed by atoms with Gasteiger partial charge in [-0.3, -0.25) is 11.3 Å². The summed E-state index contributed by atoms with van der Waals surface area (Å²) in [5, 5.41) is 0.197. The van der Waals surface area contributed by atoms with Crippen LogP contribution in [0.4, 0.5) is 0 Å². The molecule has 0 saturated carbocycles. The smallest absolute Gasteiger partial charge is 0.155 e. The molecule has 0 radical (unpaired) electrons. The summed E-state index contributed by atoms with van der Waals surface area (Å²) in [4.78, 5) is 0. The van der Waals surface area contributed by atoms with Crippen molar-refractivity contribution in [3.8, 4) is 0 Å². The van der Waals surface area contributed by atoms with Crippen LogP contribution in [-0.4, -0.2) is 19.4 Å². The van der Waals surface area contributed by atoms with Gasteiger partial charge >= 0.3 is 0 Å². The first-order valence-electron chi connectivity index (χ1n) is 6.09. The van der Waals surface area contributed by atoms with Gasteiger partial charge in [0.05, 0.1) is 27.1 Å². The molecule has 0 aromatic heterocycles. The van der Waals surface area contributed by atoms with Gasteiger partial charge in [-0.2, -0.15) is 0 Å². The van der Waals surface area contributed by atoms with Crippen molar-refractivity contribution in [2.45, 2.75) is 30.6 Å². The normalized spacial score (nSPS) is 24.1. The molecule has 1 aliphatic heterocycles. The highest BCUT2D eigenvalue weighted by molar-refractivity contribution is 7.92. The number of halogens is 2. The molecule has 1 saturated heterocycles. The first-order chi connectivity index (χ1) is 8.97. The standard InChI is InChI=1S/C12H16Cl2N2O2S/c13-9-5-3-4-8(11(9)14)12(16-15)10-6-1-2-7-19(10,17)18/h3-5,10,12,16H,1-2,6-7,15H2. The second kappa shape index (κ2) is 5.97. The van der Waals surface area contributed by atoms with Gasteiger partial charge in [-0.15, -0.1) is 0 Å². The highest BCUT2D eigenvalue weighted by Gasteiger charge is 2.36. The fourth-order valence-corrected chi connectivity index (χ4v) is 5.01. The molecule has 1 heterocycles. The average molecular weight is 323 g/mol. The highest BCUT2D eigenvalue weighted by Crippen LogP contribution is 2.36. The van der Waals surface area contributed by atoms with Crippen LogP contribution in [0.25, 0.3) is 0 Å². The molecule has 19 heavy (non-hydrogen) atoms. The molecule has 3 N–H and O–H groups in total. The summed E-state index contributed by atoms with van der Waals surface area (Å²) in [5.74, 6) is 5.76. The molecule has 2 unspecified atom stereocenters. The number of sulfone groups is 1. The van der Waals surface area contributed by atoms with Gasteiger partial charge in [0, 0.05) is 0 Å². The van der Waals surface area contributed by atoms with E-state index in [2.05, 4.69) is 5.43 Å². The molecule has 4 nitrogen and oxygen atoms in total. The number of benzene rings is 1. The molecule has 0 amide bonds. The van der Waals surface area contributed by atoms with Crippen LogP contribution in [0.2, 0.25) is 10.0 Å². The van der Waals surface area contributed by atoms with Crippen LogP contribution >= 0.6 is 23.2 Å². The van der Waals surface area contributed by atoms with Gasteiger partial charge in [0.2, 0.25) is 0 Å². The van der Waals surface area contributed by atoms with Gasteiger partial charge < -0.3 is 0 Å².